The lowest BCUT2D eigenvalue weighted by molar-refractivity contribution is 1.39. The van der Waals surface area contributed by atoms with Crippen LogP contribution in [0.2, 0.25) is 0 Å². The minimum atomic E-state index is 0.900. The maximum Gasteiger partial charge on any atom is 0.0803 e. The maximum absolute atomic E-state index is 5.37. The second-order valence-corrected chi connectivity index (χ2v) is 12.2. The summed E-state index contributed by atoms with van der Waals surface area (Å²) in [6.07, 6.45) is 0. The Balaban J connectivity index is 1.14. The first kappa shape index (κ1) is 27.9. The molecule has 2 heteroatoms. The number of aliphatic imine (C=N–C) groups is 2. The summed E-state index contributed by atoms with van der Waals surface area (Å²) in [5.74, 6) is 0. The first-order valence-corrected chi connectivity index (χ1v) is 16.3. The number of rotatable bonds is 4. The van der Waals surface area contributed by atoms with Crippen molar-refractivity contribution in [2.45, 2.75) is 0 Å². The summed E-state index contributed by atoms with van der Waals surface area (Å²) < 4.78 is 0. The second kappa shape index (κ2) is 11.8. The van der Waals surface area contributed by atoms with E-state index in [4.69, 9.17) is 9.98 Å². The number of hydrogen-bond acceptors (Lipinski definition) is 2. The van der Waals surface area contributed by atoms with Gasteiger partial charge in [0.25, 0.3) is 0 Å². The van der Waals surface area contributed by atoms with Crippen LogP contribution < -0.4 is 0 Å². The fourth-order valence-electron chi connectivity index (χ4n) is 6.91. The van der Waals surface area contributed by atoms with Gasteiger partial charge in [-0.1, -0.05) is 170 Å². The molecular formula is C46H30N2. The quantitative estimate of drug-likeness (QED) is 0.189. The van der Waals surface area contributed by atoms with E-state index in [2.05, 4.69) is 182 Å². The van der Waals surface area contributed by atoms with Crippen LogP contribution in [0.4, 0.5) is 11.4 Å². The van der Waals surface area contributed by atoms with Crippen LogP contribution in [-0.2, 0) is 0 Å². The lowest BCUT2D eigenvalue weighted by Gasteiger charge is -2.18. The predicted molar refractivity (Wildman–Crippen MR) is 202 cm³/mol. The van der Waals surface area contributed by atoms with Gasteiger partial charge in [-0.25, -0.2) is 9.98 Å². The molecule has 0 fully saturated rings. The van der Waals surface area contributed by atoms with Gasteiger partial charge in [-0.15, -0.1) is 0 Å². The summed E-state index contributed by atoms with van der Waals surface area (Å²) in [5, 5.41) is 4.99. The molecule has 48 heavy (non-hydrogen) atoms. The van der Waals surface area contributed by atoms with Crippen LogP contribution in [0.25, 0.3) is 43.8 Å². The summed E-state index contributed by atoms with van der Waals surface area (Å²) >= 11 is 0. The molecule has 0 aromatic heterocycles. The van der Waals surface area contributed by atoms with Crippen LogP contribution in [0.5, 0.6) is 0 Å². The normalized spacial score (nSPS) is 14.6. The first-order valence-electron chi connectivity index (χ1n) is 16.3. The second-order valence-electron chi connectivity index (χ2n) is 12.2. The summed E-state index contributed by atoms with van der Waals surface area (Å²) in [7, 11) is 0. The monoisotopic (exact) mass is 610 g/mol. The molecule has 2 nitrogen and oxygen atoms in total. The lowest BCUT2D eigenvalue weighted by Crippen LogP contribution is -2.10. The van der Waals surface area contributed by atoms with Gasteiger partial charge in [0.2, 0.25) is 0 Å². The van der Waals surface area contributed by atoms with E-state index in [1.807, 2.05) is 0 Å². The average Bonchev–Trinajstić information content (AvgIpc) is 3.15. The predicted octanol–water partition coefficient (Wildman–Crippen LogP) is 12.0. The SMILES string of the molecule is c1ccc2c(c1)/N=C(/c1ccc(-c3cccc4ccccc34)cc1)c1ccccc1/N=C\2c1ccc(-c2cccc3ccccc23)cc1. The third-order valence-corrected chi connectivity index (χ3v) is 9.30. The molecule has 0 aliphatic carbocycles. The molecule has 0 radical (unpaired) electrons. The van der Waals surface area contributed by atoms with Crippen molar-refractivity contribution in [1.82, 2.24) is 0 Å². The highest BCUT2D eigenvalue weighted by molar-refractivity contribution is 6.22. The molecule has 1 heterocycles. The van der Waals surface area contributed by atoms with E-state index in [-0.39, 0.29) is 0 Å². The first-order chi connectivity index (χ1) is 23.8. The van der Waals surface area contributed by atoms with Crippen molar-refractivity contribution in [2.24, 2.45) is 9.98 Å². The molecule has 0 bridgehead atoms. The Morgan fingerprint density at radius 2 is 0.583 bits per heavy atom. The largest absolute Gasteiger partial charge is 0.247 e. The number of benzene rings is 8. The van der Waals surface area contributed by atoms with Gasteiger partial charge in [-0.3, -0.25) is 0 Å². The van der Waals surface area contributed by atoms with Crippen LogP contribution >= 0.6 is 0 Å². The highest BCUT2D eigenvalue weighted by atomic mass is 14.8. The van der Waals surface area contributed by atoms with Crippen molar-refractivity contribution in [3.05, 3.63) is 204 Å². The van der Waals surface area contributed by atoms with Crippen molar-refractivity contribution in [2.75, 3.05) is 0 Å². The Morgan fingerprint density at radius 3 is 1.04 bits per heavy atom. The molecule has 0 amide bonds. The highest BCUT2D eigenvalue weighted by Gasteiger charge is 2.20. The molecule has 8 aromatic rings. The molecule has 1 aliphatic rings. The zero-order valence-corrected chi connectivity index (χ0v) is 26.2. The van der Waals surface area contributed by atoms with E-state index in [0.29, 0.717) is 0 Å². The fraction of sp³-hybridized carbons (Fsp3) is 0. The van der Waals surface area contributed by atoms with Crippen LogP contribution in [0.1, 0.15) is 22.3 Å². The third kappa shape index (κ3) is 4.92. The van der Waals surface area contributed by atoms with E-state index in [1.54, 1.807) is 0 Å². The van der Waals surface area contributed by atoms with E-state index < -0.39 is 0 Å². The zero-order valence-electron chi connectivity index (χ0n) is 26.2. The topological polar surface area (TPSA) is 24.7 Å². The minimum absolute atomic E-state index is 0.900. The van der Waals surface area contributed by atoms with Gasteiger partial charge in [0.15, 0.2) is 0 Å². The Bertz CT molecular complexity index is 2350. The Hall–Kier alpha value is -6.38. The molecule has 0 N–H and O–H groups in total. The Kier molecular flexibility index (Phi) is 6.84. The highest BCUT2D eigenvalue weighted by Crippen LogP contribution is 2.35. The van der Waals surface area contributed by atoms with E-state index in [9.17, 15) is 0 Å². The third-order valence-electron chi connectivity index (χ3n) is 9.30. The molecule has 0 atom stereocenters. The van der Waals surface area contributed by atoms with Gasteiger partial charge >= 0.3 is 0 Å². The molecule has 0 spiro atoms. The molecule has 8 aromatic carbocycles. The van der Waals surface area contributed by atoms with Crippen LogP contribution in [0.15, 0.2) is 192 Å². The molecule has 0 saturated heterocycles. The van der Waals surface area contributed by atoms with Gasteiger partial charge in [-0.05, 0) is 55.9 Å². The van der Waals surface area contributed by atoms with Crippen LogP contribution in [0, 0.1) is 0 Å². The standard InChI is InChI=1S/C46H30N2/c1-3-15-37-31(11-1)13-9-19-39(37)33-23-27-35(28-24-33)45-41-17-5-7-21-43(41)48-46(42-18-6-8-22-44(42)47-45)36-29-25-34(26-30-36)40-20-10-14-32-12-2-4-16-38(32)40/h1-30H/b45-41?,46-42?,47-44?,47-45-,48-43?,48-46-. The lowest BCUT2D eigenvalue weighted by atomic mass is 9.93. The summed E-state index contributed by atoms with van der Waals surface area (Å²) in [4.78, 5) is 10.7. The van der Waals surface area contributed by atoms with Gasteiger partial charge < -0.3 is 0 Å². The minimum Gasteiger partial charge on any atom is -0.247 e. The van der Waals surface area contributed by atoms with Gasteiger partial charge in [-0.2, -0.15) is 0 Å². The summed E-state index contributed by atoms with van der Waals surface area (Å²) in [6, 6.07) is 64.4. The average molecular weight is 611 g/mol. The molecule has 224 valence electrons. The van der Waals surface area contributed by atoms with Crippen LogP contribution in [-0.4, -0.2) is 11.4 Å². The van der Waals surface area contributed by atoms with Crippen LogP contribution in [0.3, 0.4) is 0 Å². The molecule has 0 saturated carbocycles. The number of hydrogen-bond donors (Lipinski definition) is 0. The van der Waals surface area contributed by atoms with Crippen molar-refractivity contribution < 1.29 is 0 Å². The van der Waals surface area contributed by atoms with Crippen molar-refractivity contribution in [1.29, 1.82) is 0 Å². The Morgan fingerprint density at radius 1 is 0.250 bits per heavy atom. The molecule has 9 rings (SSSR count). The Labute approximate surface area is 280 Å². The number of fused-ring (bicyclic) bond motifs is 4. The van der Waals surface area contributed by atoms with Gasteiger partial charge in [0.1, 0.15) is 0 Å². The molecular weight excluding hydrogens is 581 g/mol. The summed E-state index contributed by atoms with van der Waals surface area (Å²) in [6.45, 7) is 0. The number of para-hydroxylation sites is 2. The smallest absolute Gasteiger partial charge is 0.0803 e. The zero-order chi connectivity index (χ0) is 31.9. The van der Waals surface area contributed by atoms with Crippen molar-refractivity contribution in [3.8, 4) is 22.3 Å². The molecule has 0 unspecified atom stereocenters. The van der Waals surface area contributed by atoms with Gasteiger partial charge in [0.05, 0.1) is 22.8 Å². The van der Waals surface area contributed by atoms with E-state index in [1.165, 1.54) is 43.8 Å². The maximum atomic E-state index is 5.37. The van der Waals surface area contributed by atoms with Crippen molar-refractivity contribution in [3.63, 3.8) is 0 Å². The van der Waals surface area contributed by atoms with E-state index >= 15 is 0 Å². The fourth-order valence-corrected chi connectivity index (χ4v) is 6.91. The summed E-state index contributed by atoms with van der Waals surface area (Å²) in [5.41, 5.74) is 12.6. The van der Waals surface area contributed by atoms with Gasteiger partial charge in [0, 0.05) is 22.3 Å². The number of nitrogens with zero attached hydrogens (tertiary/aromatic N) is 2. The molecule has 1 aliphatic heterocycles. The van der Waals surface area contributed by atoms with Crippen molar-refractivity contribution >= 4 is 44.3 Å². The van der Waals surface area contributed by atoms with E-state index in [0.717, 1.165) is 45.1 Å².